The van der Waals surface area contributed by atoms with Gasteiger partial charge in [-0.25, -0.2) is 11.6 Å². The summed E-state index contributed by atoms with van der Waals surface area (Å²) in [5.41, 5.74) is 6.89. The largest absolute Gasteiger partial charge is 1.00 e. The van der Waals surface area contributed by atoms with Crippen molar-refractivity contribution in [3.8, 4) is 11.1 Å². The summed E-state index contributed by atoms with van der Waals surface area (Å²) in [6, 6.07) is 18.1. The summed E-state index contributed by atoms with van der Waals surface area (Å²) in [6.45, 7) is 8.90. The van der Waals surface area contributed by atoms with Crippen LogP contribution in [-0.2, 0) is 25.6 Å². The van der Waals surface area contributed by atoms with Crippen molar-refractivity contribution in [3.63, 3.8) is 0 Å². The van der Waals surface area contributed by atoms with Crippen LogP contribution in [0.4, 0.5) is 0 Å². The number of halogens is 2. The Morgan fingerprint density at radius 2 is 1.68 bits per heavy atom. The summed E-state index contributed by atoms with van der Waals surface area (Å²) in [5, 5.41) is 0. The summed E-state index contributed by atoms with van der Waals surface area (Å²) in [6.07, 6.45) is 11.3. The maximum Gasteiger partial charge on any atom is -0.0253 e. The average Bonchev–Trinajstić information content (AvgIpc) is 3.26. The number of rotatable bonds is 2. The van der Waals surface area contributed by atoms with Gasteiger partial charge in [-0.3, -0.25) is 6.08 Å². The smallest absolute Gasteiger partial charge is 0.0253 e. The third-order valence-corrected chi connectivity index (χ3v) is 4.34. The molecule has 0 radical (unpaired) electrons. The Hall–Kier alpha value is -0.569. The molecule has 0 fully saturated rings. The van der Waals surface area contributed by atoms with Gasteiger partial charge in [0.25, 0.3) is 0 Å². The molecule has 148 valence electrons. The third kappa shape index (κ3) is 8.43. The second-order valence-corrected chi connectivity index (χ2v) is 13.5. The molecular weight excluding hydrogens is 435 g/mol. The zero-order valence-corrected chi connectivity index (χ0v) is 21.2. The first-order valence-corrected chi connectivity index (χ1v) is 14.3. The summed E-state index contributed by atoms with van der Waals surface area (Å²) < 4.78 is 0. The molecule has 2 aliphatic carbocycles. The minimum atomic E-state index is 0. The van der Waals surface area contributed by atoms with E-state index < -0.39 is 0 Å². The Morgan fingerprint density at radius 3 is 2.25 bits per heavy atom. The van der Waals surface area contributed by atoms with Gasteiger partial charge in [0.1, 0.15) is 0 Å². The van der Waals surface area contributed by atoms with Crippen LogP contribution in [0.2, 0.25) is 13.1 Å². The normalized spacial score (nSPS) is 14.6. The van der Waals surface area contributed by atoms with Gasteiger partial charge in [-0.1, -0.05) is 68.0 Å². The topological polar surface area (TPSA) is 0 Å². The second-order valence-electron chi connectivity index (χ2n) is 6.79. The van der Waals surface area contributed by atoms with Crippen molar-refractivity contribution in [2.24, 2.45) is 5.92 Å². The van der Waals surface area contributed by atoms with Gasteiger partial charge < -0.3 is 24.8 Å². The molecule has 0 nitrogen and oxygen atoms in total. The fourth-order valence-corrected chi connectivity index (χ4v) is 3.02. The Balaban J connectivity index is 0.000000432. The van der Waals surface area contributed by atoms with Gasteiger partial charge in [-0.05, 0) is 6.42 Å². The van der Waals surface area contributed by atoms with E-state index in [2.05, 4.69) is 107 Å². The van der Waals surface area contributed by atoms with E-state index in [0.29, 0.717) is 5.92 Å². The van der Waals surface area contributed by atoms with Crippen molar-refractivity contribution in [1.29, 1.82) is 0 Å². The SMILES string of the molecule is CCC1=[C-]C(CC)C=C1.C[Si](C)=[Ti+2].[Cl-].[Cl-].[c-]1cccc2c1Cc1ccccc1-2. The maximum atomic E-state index is 3.40. The minimum Gasteiger partial charge on any atom is -1.00 e. The molecule has 1 atom stereocenters. The fraction of sp³-hybridized carbons (Fsp3) is 0.333. The Labute approximate surface area is 195 Å². The van der Waals surface area contributed by atoms with Crippen LogP contribution in [0.5, 0.6) is 0 Å². The number of allylic oxidation sites excluding steroid dienone is 4. The van der Waals surface area contributed by atoms with Crippen LogP contribution in [0.25, 0.3) is 11.1 Å². The molecule has 0 bridgehead atoms. The zero-order valence-electron chi connectivity index (χ0n) is 17.2. The first-order chi connectivity index (χ1) is 12.5. The molecule has 0 heterocycles. The quantitative estimate of drug-likeness (QED) is 0.386. The Kier molecular flexibility index (Phi) is 14.1. The Morgan fingerprint density at radius 1 is 1.04 bits per heavy atom. The molecule has 0 amide bonds. The molecule has 2 aromatic rings. The van der Waals surface area contributed by atoms with E-state index in [9.17, 15) is 0 Å². The predicted octanol–water partition coefficient (Wildman–Crippen LogP) is 0.572. The van der Waals surface area contributed by atoms with Crippen LogP contribution in [0.3, 0.4) is 0 Å². The summed E-state index contributed by atoms with van der Waals surface area (Å²) >= 11 is 2.27. The molecule has 4 rings (SSSR count). The molecular formula is C24H28Cl2SiTi-2. The zero-order chi connectivity index (χ0) is 18.9. The Bertz CT molecular complexity index is 764. The number of hydrogen-bond donors (Lipinski definition) is 0. The average molecular weight is 463 g/mol. The van der Waals surface area contributed by atoms with Gasteiger partial charge >= 0.3 is 38.5 Å². The van der Waals surface area contributed by atoms with Crippen LogP contribution in [0, 0.1) is 18.1 Å². The van der Waals surface area contributed by atoms with E-state index in [1.165, 1.54) is 34.2 Å². The van der Waals surface area contributed by atoms with E-state index in [1.807, 2.05) is 6.07 Å². The maximum absolute atomic E-state index is 3.40. The van der Waals surface area contributed by atoms with Crippen LogP contribution in [-0.4, -0.2) is 6.19 Å². The summed E-state index contributed by atoms with van der Waals surface area (Å²) in [5.74, 6) is 0.611. The summed E-state index contributed by atoms with van der Waals surface area (Å²) in [7, 11) is 0. The number of benzene rings is 2. The standard InChI is InChI=1S/C13H9.C9H13.C2H6Si.2ClH.Ti/c1-3-7-12-10(5-1)9-11-6-2-4-8-13(11)12;1-3-8-5-6-9(4-2)7-8;1-3-2;;;/h1-5,7-8H,9H2;5-6,8H,3-4H2,1-2H3;1-2H3;2*1H;/q2*-1;;;;+2/p-2. The molecule has 28 heavy (non-hydrogen) atoms. The van der Waals surface area contributed by atoms with E-state index in [4.69, 9.17) is 0 Å². The molecule has 1 unspecified atom stereocenters. The van der Waals surface area contributed by atoms with Gasteiger partial charge in [0.05, 0.1) is 0 Å². The number of hydrogen-bond acceptors (Lipinski definition) is 0. The van der Waals surface area contributed by atoms with Crippen molar-refractivity contribution in [2.75, 3.05) is 0 Å². The monoisotopic (exact) mass is 462 g/mol. The molecule has 0 saturated carbocycles. The van der Waals surface area contributed by atoms with Crippen molar-refractivity contribution < 1.29 is 44.0 Å². The second kappa shape index (κ2) is 14.4. The minimum absolute atomic E-state index is 0. The molecule has 0 spiro atoms. The van der Waals surface area contributed by atoms with Crippen LogP contribution < -0.4 is 24.8 Å². The van der Waals surface area contributed by atoms with E-state index in [0.717, 1.165) is 12.8 Å². The first kappa shape index (κ1) is 27.4. The van der Waals surface area contributed by atoms with E-state index in [-0.39, 0.29) is 31.0 Å². The summed E-state index contributed by atoms with van der Waals surface area (Å²) in [4.78, 5) is 0. The molecule has 2 aliphatic rings. The van der Waals surface area contributed by atoms with Gasteiger partial charge in [0.2, 0.25) is 0 Å². The molecule has 2 aromatic carbocycles. The van der Waals surface area contributed by atoms with Gasteiger partial charge in [-0.15, -0.1) is 5.56 Å². The molecule has 0 N–H and O–H groups in total. The van der Waals surface area contributed by atoms with Gasteiger partial charge in [0, 0.05) is 0 Å². The van der Waals surface area contributed by atoms with Crippen LogP contribution in [0.15, 0.2) is 60.2 Å². The molecule has 0 aliphatic heterocycles. The van der Waals surface area contributed by atoms with Crippen molar-refractivity contribution in [2.45, 2.75) is 46.2 Å². The third-order valence-electron chi connectivity index (χ3n) is 4.34. The number of fused-ring (bicyclic) bond motifs is 3. The fourth-order valence-electron chi connectivity index (χ4n) is 3.02. The molecule has 4 heteroatoms. The van der Waals surface area contributed by atoms with Crippen LogP contribution >= 0.6 is 0 Å². The predicted molar refractivity (Wildman–Crippen MR) is 111 cm³/mol. The van der Waals surface area contributed by atoms with E-state index in [1.54, 1.807) is 0 Å². The molecule has 0 aromatic heterocycles. The van der Waals surface area contributed by atoms with Gasteiger partial charge in [0.15, 0.2) is 0 Å². The van der Waals surface area contributed by atoms with Crippen molar-refractivity contribution in [1.82, 2.24) is 0 Å². The van der Waals surface area contributed by atoms with Crippen molar-refractivity contribution >= 4 is 6.19 Å². The first-order valence-electron chi connectivity index (χ1n) is 9.45. The van der Waals surface area contributed by atoms with Crippen LogP contribution in [0.1, 0.15) is 37.8 Å². The van der Waals surface area contributed by atoms with E-state index >= 15 is 0 Å². The van der Waals surface area contributed by atoms with Crippen molar-refractivity contribution in [3.05, 3.63) is 83.5 Å². The van der Waals surface area contributed by atoms with Gasteiger partial charge in [-0.2, -0.15) is 35.9 Å². The molecule has 0 saturated heterocycles.